The molecule has 5 nitrogen and oxygen atoms in total. The highest BCUT2D eigenvalue weighted by molar-refractivity contribution is 5.83. The molecule has 0 amide bonds. The Morgan fingerprint density at radius 1 is 1.10 bits per heavy atom. The van der Waals surface area contributed by atoms with Crippen LogP contribution in [0.3, 0.4) is 0 Å². The Kier molecular flexibility index (Phi) is 9.84. The Hall–Kier alpha value is -1.26. The van der Waals surface area contributed by atoms with Crippen LogP contribution in [0.2, 0.25) is 0 Å². The van der Waals surface area contributed by atoms with Gasteiger partial charge in [0.2, 0.25) is 0 Å². The van der Waals surface area contributed by atoms with Crippen molar-refractivity contribution in [3.8, 4) is 0 Å². The monoisotopic (exact) mass is 300 g/mol. The fourth-order valence-corrected chi connectivity index (χ4v) is 2.51. The van der Waals surface area contributed by atoms with Crippen molar-refractivity contribution in [2.24, 2.45) is 0 Å². The standard InChI is InChI=1S/C16H34N3O2/c1-8-12-19(13-9-2)16(18(10-3)11-4)17(6)14(5)15(20)21-7/h14H,8-13H2,1-7H3/q+1/t14-/m0/s1. The second kappa shape index (κ2) is 10.5. The summed E-state index contributed by atoms with van der Waals surface area (Å²) in [5.74, 6) is 0.928. The van der Waals surface area contributed by atoms with Crippen LogP contribution in [0.15, 0.2) is 0 Å². The molecule has 5 heteroatoms. The summed E-state index contributed by atoms with van der Waals surface area (Å²) in [6.45, 7) is 14.4. The van der Waals surface area contributed by atoms with Crippen molar-refractivity contribution in [1.29, 1.82) is 0 Å². The van der Waals surface area contributed by atoms with Gasteiger partial charge in [-0.05, 0) is 33.6 Å². The van der Waals surface area contributed by atoms with E-state index in [2.05, 4.69) is 37.2 Å². The molecule has 124 valence electrons. The van der Waals surface area contributed by atoms with Crippen LogP contribution in [0.4, 0.5) is 0 Å². The first kappa shape index (κ1) is 19.7. The molecule has 0 aliphatic heterocycles. The third-order valence-corrected chi connectivity index (χ3v) is 3.75. The zero-order valence-electron chi connectivity index (χ0n) is 15.0. The minimum absolute atomic E-state index is 0.199. The van der Waals surface area contributed by atoms with Gasteiger partial charge < -0.3 is 4.74 Å². The molecule has 0 rings (SSSR count). The van der Waals surface area contributed by atoms with Crippen LogP contribution in [0.1, 0.15) is 47.5 Å². The number of methoxy groups -OCH3 is 1. The zero-order valence-corrected chi connectivity index (χ0v) is 15.0. The van der Waals surface area contributed by atoms with Crippen molar-refractivity contribution in [1.82, 2.24) is 9.80 Å². The molecule has 0 aromatic rings. The smallest absolute Gasteiger partial charge is 0.350 e. The van der Waals surface area contributed by atoms with E-state index in [0.29, 0.717) is 0 Å². The molecule has 0 saturated carbocycles. The largest absolute Gasteiger partial charge is 0.466 e. The van der Waals surface area contributed by atoms with Gasteiger partial charge in [0.25, 0.3) is 0 Å². The fraction of sp³-hybridized carbons (Fsp3) is 0.875. The van der Waals surface area contributed by atoms with E-state index < -0.39 is 0 Å². The van der Waals surface area contributed by atoms with Gasteiger partial charge in [0.15, 0.2) is 6.04 Å². The maximum Gasteiger partial charge on any atom is 0.350 e. The van der Waals surface area contributed by atoms with Crippen LogP contribution in [0, 0.1) is 0 Å². The molecular formula is C16H34N3O2+. The van der Waals surface area contributed by atoms with Gasteiger partial charge in [-0.1, -0.05) is 13.8 Å². The lowest BCUT2D eigenvalue weighted by atomic mass is 10.3. The van der Waals surface area contributed by atoms with E-state index in [1.165, 1.54) is 7.11 Å². The minimum atomic E-state index is -0.290. The summed E-state index contributed by atoms with van der Waals surface area (Å²) in [5, 5.41) is 0. The maximum absolute atomic E-state index is 11.9. The van der Waals surface area contributed by atoms with Crippen molar-refractivity contribution in [3.63, 3.8) is 0 Å². The van der Waals surface area contributed by atoms with Crippen molar-refractivity contribution >= 4 is 11.9 Å². The topological polar surface area (TPSA) is 35.8 Å². The van der Waals surface area contributed by atoms with Crippen molar-refractivity contribution in [3.05, 3.63) is 0 Å². The number of carbonyl (C=O) groups excluding carboxylic acids is 1. The van der Waals surface area contributed by atoms with Crippen molar-refractivity contribution in [2.75, 3.05) is 40.3 Å². The third-order valence-electron chi connectivity index (χ3n) is 3.75. The summed E-state index contributed by atoms with van der Waals surface area (Å²) in [6, 6.07) is -0.290. The number of hydrogen-bond acceptors (Lipinski definition) is 2. The zero-order chi connectivity index (χ0) is 16.4. The first-order chi connectivity index (χ1) is 9.98. The second-order valence-electron chi connectivity index (χ2n) is 5.27. The van der Waals surface area contributed by atoms with Crippen LogP contribution in [0.5, 0.6) is 0 Å². The van der Waals surface area contributed by atoms with Gasteiger partial charge in [0, 0.05) is 0 Å². The van der Waals surface area contributed by atoms with E-state index in [9.17, 15) is 4.79 Å². The third kappa shape index (κ3) is 5.56. The van der Waals surface area contributed by atoms with E-state index in [1.807, 2.05) is 18.9 Å². The molecule has 0 saturated heterocycles. The molecule has 0 bridgehead atoms. The number of likely N-dealkylation sites (N-methyl/N-ethyl adjacent to an activating group) is 1. The molecule has 0 unspecified atom stereocenters. The summed E-state index contributed by atoms with van der Waals surface area (Å²) >= 11 is 0. The number of esters is 1. The molecule has 0 aliphatic carbocycles. The molecule has 0 fully saturated rings. The lowest BCUT2D eigenvalue weighted by molar-refractivity contribution is -0.538. The summed E-state index contributed by atoms with van der Waals surface area (Å²) < 4.78 is 7.28. The SMILES string of the molecule is CCC[N+](CCC)=C(N(CC)CC)N(C)[C@@H](C)C(=O)OC. The van der Waals surface area contributed by atoms with E-state index in [4.69, 9.17) is 4.74 Å². The summed E-state index contributed by atoms with van der Waals surface area (Å²) in [7, 11) is 3.42. The first-order valence-electron chi connectivity index (χ1n) is 8.15. The van der Waals surface area contributed by atoms with Gasteiger partial charge in [0.05, 0.1) is 40.3 Å². The highest BCUT2D eigenvalue weighted by Crippen LogP contribution is 2.06. The average Bonchev–Trinajstić information content (AvgIpc) is 2.50. The Labute approximate surface area is 130 Å². The Balaban J connectivity index is 5.66. The quantitative estimate of drug-likeness (QED) is 0.297. The summed E-state index contributed by atoms with van der Waals surface area (Å²) in [5.41, 5.74) is 0. The highest BCUT2D eigenvalue weighted by Gasteiger charge is 2.32. The Morgan fingerprint density at radius 2 is 1.57 bits per heavy atom. The average molecular weight is 300 g/mol. The highest BCUT2D eigenvalue weighted by atomic mass is 16.5. The Bertz CT molecular complexity index is 330. The number of ether oxygens (including phenoxy) is 1. The second-order valence-corrected chi connectivity index (χ2v) is 5.27. The predicted molar refractivity (Wildman–Crippen MR) is 87.7 cm³/mol. The van der Waals surface area contributed by atoms with Crippen LogP contribution < -0.4 is 0 Å². The van der Waals surface area contributed by atoms with Gasteiger partial charge in [-0.2, -0.15) is 0 Å². The fourth-order valence-electron chi connectivity index (χ4n) is 2.51. The molecule has 0 spiro atoms. The van der Waals surface area contributed by atoms with Gasteiger partial charge in [-0.15, -0.1) is 0 Å². The number of nitrogens with zero attached hydrogens (tertiary/aromatic N) is 3. The molecule has 0 radical (unpaired) electrons. The lowest BCUT2D eigenvalue weighted by Gasteiger charge is -2.29. The molecular weight excluding hydrogens is 266 g/mol. The van der Waals surface area contributed by atoms with Gasteiger partial charge in [0.1, 0.15) is 0 Å². The van der Waals surface area contributed by atoms with Crippen LogP contribution in [-0.2, 0) is 9.53 Å². The van der Waals surface area contributed by atoms with E-state index in [-0.39, 0.29) is 12.0 Å². The van der Waals surface area contributed by atoms with Crippen LogP contribution in [0.25, 0.3) is 0 Å². The summed E-state index contributed by atoms with van der Waals surface area (Å²) in [6.07, 6.45) is 2.18. The lowest BCUT2D eigenvalue weighted by Crippen LogP contribution is -2.53. The molecule has 0 aliphatic rings. The normalized spacial score (nSPS) is 11.8. The van der Waals surface area contributed by atoms with E-state index in [0.717, 1.165) is 45.0 Å². The number of carbonyl (C=O) groups is 1. The van der Waals surface area contributed by atoms with E-state index in [1.54, 1.807) is 0 Å². The van der Waals surface area contributed by atoms with E-state index >= 15 is 0 Å². The number of guanidine groups is 1. The molecule has 0 aromatic carbocycles. The van der Waals surface area contributed by atoms with Crippen LogP contribution in [-0.4, -0.2) is 72.7 Å². The maximum atomic E-state index is 11.9. The molecule has 1 atom stereocenters. The van der Waals surface area contributed by atoms with Crippen molar-refractivity contribution < 1.29 is 14.1 Å². The predicted octanol–water partition coefficient (Wildman–Crippen LogP) is 2.01. The molecule has 0 heterocycles. The Morgan fingerprint density at radius 3 is 1.90 bits per heavy atom. The number of hydrogen-bond donors (Lipinski definition) is 0. The van der Waals surface area contributed by atoms with Gasteiger partial charge >= 0.3 is 11.9 Å². The van der Waals surface area contributed by atoms with Gasteiger partial charge in [-0.25, -0.2) is 4.79 Å². The number of rotatable bonds is 8. The van der Waals surface area contributed by atoms with Crippen LogP contribution >= 0.6 is 0 Å². The minimum Gasteiger partial charge on any atom is -0.466 e. The molecule has 0 N–H and O–H groups in total. The van der Waals surface area contributed by atoms with Gasteiger partial charge in [-0.3, -0.25) is 14.4 Å². The molecule has 21 heavy (non-hydrogen) atoms. The van der Waals surface area contributed by atoms with Crippen molar-refractivity contribution in [2.45, 2.75) is 53.5 Å². The first-order valence-corrected chi connectivity index (χ1v) is 8.15. The summed E-state index contributed by atoms with van der Waals surface area (Å²) in [4.78, 5) is 16.2. The molecule has 0 aromatic heterocycles.